The highest BCUT2D eigenvalue weighted by Crippen LogP contribution is 2.33. The fourth-order valence-electron chi connectivity index (χ4n) is 3.08. The summed E-state index contributed by atoms with van der Waals surface area (Å²) in [6, 6.07) is 20.0. The van der Waals surface area contributed by atoms with E-state index in [1.807, 2.05) is 6.92 Å². The normalized spacial score (nSPS) is 11.7. The van der Waals surface area contributed by atoms with Crippen LogP contribution in [-0.2, 0) is 14.8 Å². The Hall–Kier alpha value is -3.36. The van der Waals surface area contributed by atoms with Gasteiger partial charge in [-0.3, -0.25) is 9.10 Å². The van der Waals surface area contributed by atoms with Crippen LogP contribution in [0.5, 0.6) is 5.75 Å². The van der Waals surface area contributed by atoms with E-state index in [1.165, 1.54) is 19.2 Å². The zero-order valence-corrected chi connectivity index (χ0v) is 20.0. The van der Waals surface area contributed by atoms with Crippen LogP contribution in [0.15, 0.2) is 82.8 Å². The SMILES string of the molecule is COc1ccc(C)cc1N(CC(=O)N/N=C(/C)c1ccc(Cl)cc1)S(=O)(=O)c1ccccc1. The molecule has 1 amide bonds. The van der Waals surface area contributed by atoms with Crippen LogP contribution in [0.2, 0.25) is 5.02 Å². The first-order valence-electron chi connectivity index (χ1n) is 10.0. The van der Waals surface area contributed by atoms with E-state index in [0.29, 0.717) is 16.5 Å². The van der Waals surface area contributed by atoms with Gasteiger partial charge in [0, 0.05) is 5.02 Å². The minimum atomic E-state index is -4.06. The van der Waals surface area contributed by atoms with E-state index in [0.717, 1.165) is 15.4 Å². The molecule has 7 nitrogen and oxygen atoms in total. The minimum absolute atomic E-state index is 0.0576. The van der Waals surface area contributed by atoms with Crippen molar-refractivity contribution in [2.45, 2.75) is 18.7 Å². The van der Waals surface area contributed by atoms with Crippen LogP contribution in [0.1, 0.15) is 18.1 Å². The van der Waals surface area contributed by atoms with Crippen molar-refractivity contribution in [2.24, 2.45) is 5.10 Å². The molecule has 0 aliphatic heterocycles. The number of carbonyl (C=O) groups is 1. The summed E-state index contributed by atoms with van der Waals surface area (Å²) in [7, 11) is -2.62. The second-order valence-electron chi connectivity index (χ2n) is 7.24. The highest BCUT2D eigenvalue weighted by Gasteiger charge is 2.29. The van der Waals surface area contributed by atoms with Crippen LogP contribution in [0.25, 0.3) is 0 Å². The van der Waals surface area contributed by atoms with Gasteiger partial charge in [-0.2, -0.15) is 5.10 Å². The number of rotatable bonds is 8. The molecule has 172 valence electrons. The number of halogens is 1. The largest absolute Gasteiger partial charge is 0.495 e. The van der Waals surface area contributed by atoms with Crippen LogP contribution in [-0.4, -0.2) is 33.7 Å². The summed E-state index contributed by atoms with van der Waals surface area (Å²) in [5.41, 5.74) is 4.83. The molecule has 0 bridgehead atoms. The number of sulfonamides is 1. The van der Waals surface area contributed by atoms with Crippen LogP contribution in [0.3, 0.4) is 0 Å². The molecule has 0 aromatic heterocycles. The number of amides is 1. The van der Waals surface area contributed by atoms with Gasteiger partial charge in [0.05, 0.1) is 23.4 Å². The third-order valence-electron chi connectivity index (χ3n) is 4.83. The minimum Gasteiger partial charge on any atom is -0.495 e. The Balaban J connectivity index is 1.93. The van der Waals surface area contributed by atoms with Gasteiger partial charge in [-0.1, -0.05) is 48.0 Å². The Morgan fingerprint density at radius 3 is 2.36 bits per heavy atom. The van der Waals surface area contributed by atoms with Gasteiger partial charge in [0.15, 0.2) is 0 Å². The maximum absolute atomic E-state index is 13.5. The van der Waals surface area contributed by atoms with Crippen molar-refractivity contribution < 1.29 is 17.9 Å². The molecule has 0 aliphatic rings. The number of nitrogens with zero attached hydrogens (tertiary/aromatic N) is 2. The molecule has 0 atom stereocenters. The van der Waals surface area contributed by atoms with Gasteiger partial charge in [0.2, 0.25) is 0 Å². The summed E-state index contributed by atoms with van der Waals surface area (Å²) in [6.07, 6.45) is 0. The summed E-state index contributed by atoms with van der Waals surface area (Å²) in [4.78, 5) is 12.9. The molecule has 3 aromatic carbocycles. The van der Waals surface area contributed by atoms with E-state index in [4.69, 9.17) is 16.3 Å². The monoisotopic (exact) mass is 485 g/mol. The zero-order chi connectivity index (χ0) is 24.0. The lowest BCUT2D eigenvalue weighted by Gasteiger charge is -2.25. The number of anilines is 1. The topological polar surface area (TPSA) is 88.1 Å². The van der Waals surface area contributed by atoms with Crippen molar-refractivity contribution in [3.8, 4) is 5.75 Å². The molecule has 0 spiro atoms. The van der Waals surface area contributed by atoms with Crippen molar-refractivity contribution in [3.05, 3.63) is 88.9 Å². The molecule has 9 heteroatoms. The third kappa shape index (κ3) is 5.91. The summed E-state index contributed by atoms with van der Waals surface area (Å²) in [6.45, 7) is 3.07. The molecule has 0 fully saturated rings. The number of methoxy groups -OCH3 is 1. The van der Waals surface area contributed by atoms with E-state index in [1.54, 1.807) is 67.6 Å². The van der Waals surface area contributed by atoms with E-state index < -0.39 is 22.5 Å². The molecule has 1 N–H and O–H groups in total. The average Bonchev–Trinajstić information content (AvgIpc) is 2.82. The molecular weight excluding hydrogens is 462 g/mol. The molecule has 3 rings (SSSR count). The number of nitrogens with one attached hydrogen (secondary N) is 1. The number of aryl methyl sites for hydroxylation is 1. The lowest BCUT2D eigenvalue weighted by molar-refractivity contribution is -0.119. The number of carbonyl (C=O) groups excluding carboxylic acids is 1. The highest BCUT2D eigenvalue weighted by atomic mass is 35.5. The number of benzene rings is 3. The predicted octanol–water partition coefficient (Wildman–Crippen LogP) is 4.39. The molecule has 0 aliphatic carbocycles. The van der Waals surface area contributed by atoms with E-state index in [-0.39, 0.29) is 10.6 Å². The summed E-state index contributed by atoms with van der Waals surface area (Å²) >= 11 is 5.91. The van der Waals surface area contributed by atoms with Gasteiger partial charge in [-0.25, -0.2) is 13.8 Å². The van der Waals surface area contributed by atoms with Crippen LogP contribution in [0, 0.1) is 6.92 Å². The Labute approximate surface area is 198 Å². The lowest BCUT2D eigenvalue weighted by Crippen LogP contribution is -2.40. The number of hydrogen-bond acceptors (Lipinski definition) is 5. The van der Waals surface area contributed by atoms with Crippen molar-refractivity contribution in [1.29, 1.82) is 0 Å². The highest BCUT2D eigenvalue weighted by molar-refractivity contribution is 7.92. The third-order valence-corrected chi connectivity index (χ3v) is 6.86. The van der Waals surface area contributed by atoms with E-state index >= 15 is 0 Å². The molecule has 3 aromatic rings. The fraction of sp³-hybridized carbons (Fsp3) is 0.167. The Kier molecular flexibility index (Phi) is 7.73. The molecular formula is C24H24ClN3O4S. The van der Waals surface area contributed by atoms with Crippen LogP contribution >= 0.6 is 11.6 Å². The summed E-state index contributed by atoms with van der Waals surface area (Å²) < 4.78 is 33.4. The summed E-state index contributed by atoms with van der Waals surface area (Å²) in [5.74, 6) is -0.278. The predicted molar refractivity (Wildman–Crippen MR) is 131 cm³/mol. The zero-order valence-electron chi connectivity index (χ0n) is 18.4. The number of hydrogen-bond donors (Lipinski definition) is 1. The second-order valence-corrected chi connectivity index (χ2v) is 9.54. The second kappa shape index (κ2) is 10.5. The van der Waals surface area contributed by atoms with Crippen molar-refractivity contribution in [1.82, 2.24) is 5.43 Å². The van der Waals surface area contributed by atoms with Gasteiger partial charge >= 0.3 is 0 Å². The Morgan fingerprint density at radius 1 is 1.06 bits per heavy atom. The maximum Gasteiger partial charge on any atom is 0.264 e. The number of ether oxygens (including phenoxy) is 1. The van der Waals surface area contributed by atoms with Crippen molar-refractivity contribution >= 4 is 38.9 Å². The van der Waals surface area contributed by atoms with Gasteiger partial charge < -0.3 is 4.74 Å². The van der Waals surface area contributed by atoms with Crippen molar-refractivity contribution in [3.63, 3.8) is 0 Å². The molecule has 33 heavy (non-hydrogen) atoms. The van der Waals surface area contributed by atoms with Crippen LogP contribution in [0.4, 0.5) is 5.69 Å². The molecule has 0 unspecified atom stereocenters. The van der Waals surface area contributed by atoms with Gasteiger partial charge in [-0.15, -0.1) is 0 Å². The van der Waals surface area contributed by atoms with E-state index in [9.17, 15) is 13.2 Å². The molecule has 0 saturated carbocycles. The Morgan fingerprint density at radius 2 is 1.73 bits per heavy atom. The van der Waals surface area contributed by atoms with Gasteiger partial charge in [-0.05, 0) is 61.4 Å². The molecule has 0 radical (unpaired) electrons. The van der Waals surface area contributed by atoms with Gasteiger partial charge in [0.1, 0.15) is 12.3 Å². The quantitative estimate of drug-likeness (QED) is 0.378. The number of hydrazone groups is 1. The summed E-state index contributed by atoms with van der Waals surface area (Å²) in [5, 5.41) is 4.69. The fourth-order valence-corrected chi connectivity index (χ4v) is 4.65. The first kappa shape index (κ1) is 24.3. The molecule has 0 saturated heterocycles. The average molecular weight is 486 g/mol. The first-order chi connectivity index (χ1) is 15.7. The smallest absolute Gasteiger partial charge is 0.264 e. The first-order valence-corrected chi connectivity index (χ1v) is 11.9. The van der Waals surface area contributed by atoms with E-state index in [2.05, 4.69) is 10.5 Å². The Bertz CT molecular complexity index is 1260. The van der Waals surface area contributed by atoms with Crippen molar-refractivity contribution in [2.75, 3.05) is 18.0 Å². The standard InChI is InChI=1S/C24H24ClN3O4S/c1-17-9-14-23(32-3)22(15-17)28(33(30,31)21-7-5-4-6-8-21)16-24(29)27-26-18(2)19-10-12-20(25)13-11-19/h4-15H,16H2,1-3H3,(H,27,29)/b26-18-. The van der Waals surface area contributed by atoms with Gasteiger partial charge in [0.25, 0.3) is 15.9 Å². The lowest BCUT2D eigenvalue weighted by atomic mass is 10.1. The maximum atomic E-state index is 13.5. The molecule has 0 heterocycles. The van der Waals surface area contributed by atoms with Crippen LogP contribution < -0.4 is 14.5 Å².